The minimum absolute atomic E-state index is 0.775. The quantitative estimate of drug-likeness (QED) is 0.609. The predicted octanol–water partition coefficient (Wildman–Crippen LogP) is 2.89. The highest BCUT2D eigenvalue weighted by Gasteiger charge is 2.26. The zero-order valence-electron chi connectivity index (χ0n) is 7.62. The first-order valence-electron chi connectivity index (χ1n) is 4.93. The van der Waals surface area contributed by atoms with Crippen LogP contribution in [0.25, 0.3) is 0 Å². The van der Waals surface area contributed by atoms with Crippen molar-refractivity contribution in [1.29, 1.82) is 0 Å². The van der Waals surface area contributed by atoms with E-state index in [1.54, 1.807) is 0 Å². The fourth-order valence-corrected chi connectivity index (χ4v) is 2.21. The van der Waals surface area contributed by atoms with Crippen LogP contribution >= 0.6 is 0 Å². The molecule has 1 heteroatoms. The molecular weight excluding hydrogens is 148 g/mol. The topological polar surface area (TPSA) is 9.23 Å². The number of hydrogen-bond acceptors (Lipinski definition) is 1. The van der Waals surface area contributed by atoms with Crippen LogP contribution in [0.4, 0.5) is 0 Å². The van der Waals surface area contributed by atoms with E-state index in [1.807, 2.05) is 6.92 Å². The molecule has 2 unspecified atom stereocenters. The van der Waals surface area contributed by atoms with Crippen LogP contribution in [0, 0.1) is 11.8 Å². The average Bonchev–Trinajstić information content (AvgIpc) is 2.51. The Morgan fingerprint density at radius 2 is 2.25 bits per heavy atom. The zero-order valence-corrected chi connectivity index (χ0v) is 7.62. The van der Waals surface area contributed by atoms with Crippen molar-refractivity contribution >= 4 is 0 Å². The summed E-state index contributed by atoms with van der Waals surface area (Å²) in [6.45, 7) is 2.82. The molecule has 1 nitrogen and oxygen atoms in total. The van der Waals surface area contributed by atoms with Crippen LogP contribution in [0.5, 0.6) is 0 Å². The van der Waals surface area contributed by atoms with Crippen LogP contribution in [0.3, 0.4) is 0 Å². The molecule has 0 radical (unpaired) electrons. The second-order valence-corrected chi connectivity index (χ2v) is 3.62. The van der Waals surface area contributed by atoms with Crippen molar-refractivity contribution in [2.75, 3.05) is 6.61 Å². The molecule has 0 heterocycles. The number of ether oxygens (including phenoxy) is 1. The Labute approximate surface area is 74.1 Å². The molecule has 1 saturated carbocycles. The Hall–Kier alpha value is -0.720. The first kappa shape index (κ1) is 7.90. The number of allylic oxidation sites excluding steroid dienone is 3. The summed E-state index contributed by atoms with van der Waals surface area (Å²) in [6, 6.07) is 0. The van der Waals surface area contributed by atoms with Crippen LogP contribution in [-0.4, -0.2) is 6.61 Å². The molecule has 2 rings (SSSR count). The van der Waals surface area contributed by atoms with Gasteiger partial charge in [-0.25, -0.2) is 0 Å². The molecule has 2 atom stereocenters. The van der Waals surface area contributed by atoms with Gasteiger partial charge in [-0.2, -0.15) is 0 Å². The van der Waals surface area contributed by atoms with Crippen molar-refractivity contribution in [3.8, 4) is 0 Å². The molecule has 0 aromatic rings. The molecule has 0 spiro atoms. The van der Waals surface area contributed by atoms with Crippen LogP contribution in [0.2, 0.25) is 0 Å². The molecular formula is C11H16O. The highest BCUT2D eigenvalue weighted by molar-refractivity contribution is 5.21. The standard InChI is InChI=1S/C11H16O/c1-2-12-11-7-6-9-4-3-5-10(9)8-11/h6-10H,2-5H2,1H3. The maximum Gasteiger partial charge on any atom is 0.115 e. The molecule has 12 heavy (non-hydrogen) atoms. The highest BCUT2D eigenvalue weighted by Crippen LogP contribution is 2.37. The Balaban J connectivity index is 2.05. The van der Waals surface area contributed by atoms with E-state index in [0.717, 1.165) is 24.2 Å². The van der Waals surface area contributed by atoms with Crippen molar-refractivity contribution in [3.63, 3.8) is 0 Å². The second-order valence-electron chi connectivity index (χ2n) is 3.62. The molecule has 2 aliphatic carbocycles. The molecule has 0 amide bonds. The molecule has 0 aliphatic heterocycles. The van der Waals surface area contributed by atoms with E-state index in [4.69, 9.17) is 4.74 Å². The maximum atomic E-state index is 5.47. The molecule has 66 valence electrons. The number of hydrogen-bond donors (Lipinski definition) is 0. The van der Waals surface area contributed by atoms with Gasteiger partial charge in [-0.05, 0) is 43.8 Å². The van der Waals surface area contributed by atoms with Crippen molar-refractivity contribution in [1.82, 2.24) is 0 Å². The van der Waals surface area contributed by atoms with Crippen LogP contribution in [0.1, 0.15) is 26.2 Å². The average molecular weight is 164 g/mol. The van der Waals surface area contributed by atoms with Gasteiger partial charge in [0.15, 0.2) is 0 Å². The molecule has 0 saturated heterocycles. The van der Waals surface area contributed by atoms with Crippen molar-refractivity contribution < 1.29 is 4.74 Å². The monoisotopic (exact) mass is 164 g/mol. The molecule has 2 aliphatic rings. The minimum Gasteiger partial charge on any atom is -0.494 e. The van der Waals surface area contributed by atoms with Gasteiger partial charge in [0.25, 0.3) is 0 Å². The largest absolute Gasteiger partial charge is 0.494 e. The Bertz CT molecular complexity index is 215. The third kappa shape index (κ3) is 1.40. The van der Waals surface area contributed by atoms with Crippen LogP contribution < -0.4 is 0 Å². The van der Waals surface area contributed by atoms with Crippen LogP contribution in [-0.2, 0) is 4.74 Å². The van der Waals surface area contributed by atoms with E-state index in [0.29, 0.717) is 0 Å². The lowest BCUT2D eigenvalue weighted by atomic mass is 9.91. The predicted molar refractivity (Wildman–Crippen MR) is 49.7 cm³/mol. The maximum absolute atomic E-state index is 5.47. The Morgan fingerprint density at radius 1 is 1.42 bits per heavy atom. The van der Waals surface area contributed by atoms with Gasteiger partial charge in [-0.3, -0.25) is 0 Å². The summed E-state index contributed by atoms with van der Waals surface area (Å²) in [7, 11) is 0. The summed E-state index contributed by atoms with van der Waals surface area (Å²) < 4.78 is 5.47. The van der Waals surface area contributed by atoms with Gasteiger partial charge in [-0.15, -0.1) is 0 Å². The summed E-state index contributed by atoms with van der Waals surface area (Å²) in [4.78, 5) is 0. The minimum atomic E-state index is 0.775. The van der Waals surface area contributed by atoms with Crippen molar-refractivity contribution in [2.45, 2.75) is 26.2 Å². The lowest BCUT2D eigenvalue weighted by Crippen LogP contribution is -2.07. The Kier molecular flexibility index (Phi) is 2.20. The van der Waals surface area contributed by atoms with Gasteiger partial charge in [0, 0.05) is 0 Å². The van der Waals surface area contributed by atoms with Crippen molar-refractivity contribution in [3.05, 3.63) is 24.0 Å². The zero-order chi connectivity index (χ0) is 8.39. The fraction of sp³-hybridized carbons (Fsp3) is 0.636. The van der Waals surface area contributed by atoms with E-state index in [9.17, 15) is 0 Å². The molecule has 1 fully saturated rings. The molecule has 0 aromatic carbocycles. The molecule has 0 N–H and O–H groups in total. The van der Waals surface area contributed by atoms with Gasteiger partial charge in [0.05, 0.1) is 6.61 Å². The number of fused-ring (bicyclic) bond motifs is 1. The third-order valence-electron chi connectivity index (χ3n) is 2.82. The second kappa shape index (κ2) is 3.34. The SMILES string of the molecule is CCOC1=CC2CCCC2C=C1. The highest BCUT2D eigenvalue weighted by atomic mass is 16.5. The fourth-order valence-electron chi connectivity index (χ4n) is 2.21. The first-order valence-corrected chi connectivity index (χ1v) is 4.93. The Morgan fingerprint density at radius 3 is 3.08 bits per heavy atom. The van der Waals surface area contributed by atoms with Crippen molar-refractivity contribution in [2.24, 2.45) is 11.8 Å². The summed E-state index contributed by atoms with van der Waals surface area (Å²) in [5.74, 6) is 2.67. The molecule has 0 aromatic heterocycles. The summed E-state index contributed by atoms with van der Waals surface area (Å²) in [6.07, 6.45) is 10.9. The van der Waals surface area contributed by atoms with Gasteiger partial charge < -0.3 is 4.74 Å². The number of rotatable bonds is 2. The molecule has 0 bridgehead atoms. The van der Waals surface area contributed by atoms with E-state index < -0.39 is 0 Å². The van der Waals surface area contributed by atoms with Crippen LogP contribution in [0.15, 0.2) is 24.0 Å². The van der Waals surface area contributed by atoms with E-state index in [1.165, 1.54) is 19.3 Å². The van der Waals surface area contributed by atoms with Gasteiger partial charge in [0.1, 0.15) is 5.76 Å². The lowest BCUT2D eigenvalue weighted by molar-refractivity contribution is 0.235. The normalized spacial score (nSPS) is 32.9. The summed E-state index contributed by atoms with van der Waals surface area (Å²) in [5.41, 5.74) is 0. The third-order valence-corrected chi connectivity index (χ3v) is 2.82. The van der Waals surface area contributed by atoms with E-state index in [2.05, 4.69) is 18.2 Å². The van der Waals surface area contributed by atoms with Gasteiger partial charge >= 0.3 is 0 Å². The van der Waals surface area contributed by atoms with Gasteiger partial charge in [0.2, 0.25) is 0 Å². The summed E-state index contributed by atoms with van der Waals surface area (Å²) in [5, 5.41) is 0. The first-order chi connectivity index (χ1) is 5.90. The summed E-state index contributed by atoms with van der Waals surface area (Å²) >= 11 is 0. The van der Waals surface area contributed by atoms with Gasteiger partial charge in [-0.1, -0.05) is 12.5 Å². The lowest BCUT2D eigenvalue weighted by Gasteiger charge is -2.18. The van der Waals surface area contributed by atoms with E-state index in [-0.39, 0.29) is 0 Å². The van der Waals surface area contributed by atoms with E-state index >= 15 is 0 Å². The smallest absolute Gasteiger partial charge is 0.115 e.